The Hall–Kier alpha value is -2.63. The summed E-state index contributed by atoms with van der Waals surface area (Å²) >= 11 is 0. The van der Waals surface area contributed by atoms with Gasteiger partial charge in [0.2, 0.25) is 5.95 Å². The van der Waals surface area contributed by atoms with Crippen LogP contribution in [0.3, 0.4) is 0 Å². The molecule has 2 aliphatic rings. The standard InChI is InChI=1S/C22H29N5O/c1-16-8-9-17(2)19(14-16)20-7-4-13-27(20)22(28)25-18-6-3-12-26(15-18)21-23-10-5-11-24-21/h5,8-11,14,18,20H,3-4,6-7,12-13,15H2,1-2H3,(H,25,28). The first kappa shape index (κ1) is 18.7. The fourth-order valence-electron chi connectivity index (χ4n) is 4.44. The number of carbonyl (C=O) groups is 1. The van der Waals surface area contributed by atoms with Crippen molar-refractivity contribution in [2.45, 2.75) is 51.6 Å². The Labute approximate surface area is 167 Å². The second-order valence-corrected chi connectivity index (χ2v) is 7.99. The molecular formula is C22H29N5O. The third kappa shape index (κ3) is 3.96. The molecular weight excluding hydrogens is 350 g/mol. The number of urea groups is 1. The molecule has 4 rings (SSSR count). The first-order valence-electron chi connectivity index (χ1n) is 10.3. The second-order valence-electron chi connectivity index (χ2n) is 7.99. The van der Waals surface area contributed by atoms with Gasteiger partial charge in [-0.1, -0.05) is 23.8 Å². The van der Waals surface area contributed by atoms with Crippen LogP contribution in [0, 0.1) is 13.8 Å². The van der Waals surface area contributed by atoms with Gasteiger partial charge < -0.3 is 15.1 Å². The van der Waals surface area contributed by atoms with E-state index in [-0.39, 0.29) is 18.1 Å². The topological polar surface area (TPSA) is 61.4 Å². The molecule has 2 unspecified atom stereocenters. The van der Waals surface area contributed by atoms with Gasteiger partial charge in [0.05, 0.1) is 6.04 Å². The Kier molecular flexibility index (Phi) is 5.46. The smallest absolute Gasteiger partial charge is 0.318 e. The van der Waals surface area contributed by atoms with Crippen molar-refractivity contribution in [3.8, 4) is 0 Å². The molecule has 2 aromatic rings. The predicted molar refractivity (Wildman–Crippen MR) is 110 cm³/mol. The zero-order valence-electron chi connectivity index (χ0n) is 16.8. The Morgan fingerprint density at radius 1 is 1.11 bits per heavy atom. The van der Waals surface area contributed by atoms with Crippen molar-refractivity contribution >= 4 is 12.0 Å². The fourth-order valence-corrected chi connectivity index (χ4v) is 4.44. The first-order chi connectivity index (χ1) is 13.6. The lowest BCUT2D eigenvalue weighted by atomic mass is 9.97. The summed E-state index contributed by atoms with van der Waals surface area (Å²) in [5.74, 6) is 0.746. The molecule has 148 valence electrons. The molecule has 1 aromatic carbocycles. The molecule has 1 N–H and O–H groups in total. The van der Waals surface area contributed by atoms with E-state index in [9.17, 15) is 4.79 Å². The Morgan fingerprint density at radius 2 is 1.89 bits per heavy atom. The number of hydrogen-bond donors (Lipinski definition) is 1. The number of likely N-dealkylation sites (tertiary alicyclic amines) is 1. The zero-order valence-corrected chi connectivity index (χ0v) is 16.8. The number of benzene rings is 1. The van der Waals surface area contributed by atoms with Gasteiger partial charge in [-0.2, -0.15) is 0 Å². The van der Waals surface area contributed by atoms with Gasteiger partial charge in [-0.3, -0.25) is 0 Å². The van der Waals surface area contributed by atoms with Crippen molar-refractivity contribution in [2.24, 2.45) is 0 Å². The molecule has 2 amide bonds. The highest BCUT2D eigenvalue weighted by atomic mass is 16.2. The Balaban J connectivity index is 1.43. The maximum atomic E-state index is 13.1. The van der Waals surface area contributed by atoms with E-state index in [2.05, 4.69) is 52.2 Å². The fraction of sp³-hybridized carbons (Fsp3) is 0.500. The van der Waals surface area contributed by atoms with Gasteiger partial charge in [0.1, 0.15) is 0 Å². The van der Waals surface area contributed by atoms with Crippen LogP contribution in [0.1, 0.15) is 48.4 Å². The number of hydrogen-bond acceptors (Lipinski definition) is 4. The van der Waals surface area contributed by atoms with Gasteiger partial charge in [-0.15, -0.1) is 0 Å². The van der Waals surface area contributed by atoms with Crippen molar-refractivity contribution in [1.82, 2.24) is 20.2 Å². The summed E-state index contributed by atoms with van der Waals surface area (Å²) in [4.78, 5) is 26.0. The van der Waals surface area contributed by atoms with Crippen molar-refractivity contribution in [3.05, 3.63) is 53.3 Å². The molecule has 6 nitrogen and oxygen atoms in total. The minimum atomic E-state index is 0.0595. The zero-order chi connectivity index (χ0) is 19.5. The van der Waals surface area contributed by atoms with E-state index in [0.717, 1.165) is 51.3 Å². The minimum Gasteiger partial charge on any atom is -0.339 e. The highest BCUT2D eigenvalue weighted by Crippen LogP contribution is 2.34. The number of nitrogens with one attached hydrogen (secondary N) is 1. The molecule has 0 aliphatic carbocycles. The monoisotopic (exact) mass is 379 g/mol. The van der Waals surface area contributed by atoms with Crippen molar-refractivity contribution in [3.63, 3.8) is 0 Å². The lowest BCUT2D eigenvalue weighted by molar-refractivity contribution is 0.187. The summed E-state index contributed by atoms with van der Waals surface area (Å²) in [5, 5.41) is 3.28. The summed E-state index contributed by atoms with van der Waals surface area (Å²) in [6.45, 7) is 6.78. The summed E-state index contributed by atoms with van der Waals surface area (Å²) in [5.41, 5.74) is 3.80. The molecule has 2 atom stereocenters. The van der Waals surface area contributed by atoms with E-state index in [4.69, 9.17) is 0 Å². The van der Waals surface area contributed by atoms with Gasteiger partial charge in [-0.25, -0.2) is 14.8 Å². The van der Waals surface area contributed by atoms with Crippen LogP contribution in [-0.2, 0) is 0 Å². The molecule has 28 heavy (non-hydrogen) atoms. The highest BCUT2D eigenvalue weighted by molar-refractivity contribution is 5.75. The van der Waals surface area contributed by atoms with Crippen LogP contribution in [0.15, 0.2) is 36.7 Å². The third-order valence-corrected chi connectivity index (χ3v) is 5.89. The van der Waals surface area contributed by atoms with Crippen LogP contribution in [0.5, 0.6) is 0 Å². The van der Waals surface area contributed by atoms with Gasteiger partial charge in [-0.05, 0) is 56.7 Å². The summed E-state index contributed by atoms with van der Waals surface area (Å²) < 4.78 is 0. The van der Waals surface area contributed by atoms with E-state index in [1.807, 2.05) is 11.0 Å². The number of piperidine rings is 1. The van der Waals surface area contributed by atoms with Crippen LogP contribution in [0.25, 0.3) is 0 Å². The number of aromatic nitrogens is 2. The van der Waals surface area contributed by atoms with E-state index >= 15 is 0 Å². The van der Waals surface area contributed by atoms with Crippen molar-refractivity contribution in [2.75, 3.05) is 24.5 Å². The number of aryl methyl sites for hydroxylation is 2. The third-order valence-electron chi connectivity index (χ3n) is 5.89. The summed E-state index contributed by atoms with van der Waals surface area (Å²) in [6, 6.07) is 8.73. The number of amides is 2. The summed E-state index contributed by atoms with van der Waals surface area (Å²) in [7, 11) is 0. The van der Waals surface area contributed by atoms with E-state index < -0.39 is 0 Å². The van der Waals surface area contributed by atoms with Gasteiger partial charge in [0, 0.05) is 38.1 Å². The maximum absolute atomic E-state index is 13.1. The lowest BCUT2D eigenvalue weighted by Gasteiger charge is -2.35. The van der Waals surface area contributed by atoms with E-state index in [0.29, 0.717) is 0 Å². The molecule has 3 heterocycles. The molecule has 0 spiro atoms. The summed E-state index contributed by atoms with van der Waals surface area (Å²) in [6.07, 6.45) is 7.65. The second kappa shape index (κ2) is 8.17. The predicted octanol–water partition coefficient (Wildman–Crippen LogP) is 3.61. The van der Waals surface area contributed by atoms with Gasteiger partial charge in [0.25, 0.3) is 0 Å². The van der Waals surface area contributed by atoms with E-state index in [1.54, 1.807) is 12.4 Å². The van der Waals surface area contributed by atoms with Crippen molar-refractivity contribution in [1.29, 1.82) is 0 Å². The maximum Gasteiger partial charge on any atom is 0.318 e. The van der Waals surface area contributed by atoms with Crippen LogP contribution >= 0.6 is 0 Å². The average Bonchev–Trinajstić information content (AvgIpc) is 3.20. The molecule has 2 saturated heterocycles. The normalized spacial score (nSPS) is 22.4. The highest BCUT2D eigenvalue weighted by Gasteiger charge is 2.33. The number of carbonyl (C=O) groups excluding carboxylic acids is 1. The molecule has 6 heteroatoms. The minimum absolute atomic E-state index is 0.0595. The Bertz CT molecular complexity index is 825. The number of nitrogens with zero attached hydrogens (tertiary/aromatic N) is 4. The largest absolute Gasteiger partial charge is 0.339 e. The SMILES string of the molecule is Cc1ccc(C)c(C2CCCN2C(=O)NC2CCCN(c3ncccn3)C2)c1. The van der Waals surface area contributed by atoms with E-state index in [1.165, 1.54) is 16.7 Å². The quantitative estimate of drug-likeness (QED) is 0.885. The first-order valence-corrected chi connectivity index (χ1v) is 10.3. The average molecular weight is 380 g/mol. The van der Waals surface area contributed by atoms with Crippen LogP contribution in [0.2, 0.25) is 0 Å². The molecule has 0 saturated carbocycles. The van der Waals surface area contributed by atoms with Crippen LogP contribution in [0.4, 0.5) is 10.7 Å². The van der Waals surface area contributed by atoms with Crippen LogP contribution < -0.4 is 10.2 Å². The molecule has 2 aliphatic heterocycles. The number of rotatable bonds is 3. The lowest BCUT2D eigenvalue weighted by Crippen LogP contribution is -2.51. The number of anilines is 1. The van der Waals surface area contributed by atoms with Crippen molar-refractivity contribution < 1.29 is 4.79 Å². The molecule has 0 radical (unpaired) electrons. The van der Waals surface area contributed by atoms with Crippen LogP contribution in [-0.4, -0.2) is 46.6 Å². The molecule has 2 fully saturated rings. The van der Waals surface area contributed by atoms with Gasteiger partial charge >= 0.3 is 6.03 Å². The molecule has 1 aromatic heterocycles. The van der Waals surface area contributed by atoms with Gasteiger partial charge in [0.15, 0.2) is 0 Å². The molecule has 0 bridgehead atoms. The Morgan fingerprint density at radius 3 is 2.71 bits per heavy atom.